The zero-order valence-corrected chi connectivity index (χ0v) is 36.2. The van der Waals surface area contributed by atoms with Crippen molar-refractivity contribution in [1.29, 1.82) is 0 Å². The fraction of sp³-hybridized carbons (Fsp3) is 0.854. The molecule has 0 rings (SSSR count). The minimum atomic E-state index is -0.506. The Balaban J connectivity index is 0. The van der Waals surface area contributed by atoms with E-state index in [1.54, 1.807) is 9.80 Å². The van der Waals surface area contributed by atoms with Crippen molar-refractivity contribution in [3.63, 3.8) is 0 Å². The van der Waals surface area contributed by atoms with Crippen LogP contribution in [0.15, 0.2) is 0 Å². The standard InChI is InChI=1S/C21H40N2O3.C20H39N3O3/c1-16(2)14-23(19(26)21(6,7)8)15-17(24)12-10-9-11-13-22-18(25)20(3,4)5;1-15(2)14-23(16(24)13-22-18(26)20(6,7)8)12-10-9-11-21-17(25)19(3,4)5/h16H,9-15H2,1-8H3,(H,22,25);15H,9-14H2,1-8H3,(H,21,25)(H,22,26). The molecule has 0 fully saturated rings. The summed E-state index contributed by atoms with van der Waals surface area (Å²) in [4.78, 5) is 76.3. The topological polar surface area (TPSA) is 145 Å². The van der Waals surface area contributed by atoms with Crippen LogP contribution in [-0.2, 0) is 28.8 Å². The number of unbranched alkanes of at least 4 members (excludes halogenated alkanes) is 3. The summed E-state index contributed by atoms with van der Waals surface area (Å²) in [6.45, 7) is 34.1. The Labute approximate surface area is 317 Å². The van der Waals surface area contributed by atoms with Gasteiger partial charge in [-0.25, -0.2) is 0 Å². The predicted octanol–water partition coefficient (Wildman–Crippen LogP) is 6.38. The van der Waals surface area contributed by atoms with E-state index in [1.807, 2.05) is 83.1 Å². The highest BCUT2D eigenvalue weighted by Gasteiger charge is 2.29. The fourth-order valence-electron chi connectivity index (χ4n) is 4.70. The van der Waals surface area contributed by atoms with Crippen LogP contribution in [0.4, 0.5) is 0 Å². The number of ketones is 1. The molecular weight excluding hydrogens is 658 g/mol. The summed E-state index contributed by atoms with van der Waals surface area (Å²) in [7, 11) is 0. The zero-order chi connectivity index (χ0) is 41.1. The van der Waals surface area contributed by atoms with Crippen molar-refractivity contribution in [3.8, 4) is 0 Å². The lowest BCUT2D eigenvalue weighted by molar-refractivity contribution is -0.142. The maximum atomic E-state index is 12.5. The highest BCUT2D eigenvalue weighted by molar-refractivity contribution is 5.88. The van der Waals surface area contributed by atoms with Gasteiger partial charge in [-0.15, -0.1) is 0 Å². The molecule has 304 valence electrons. The van der Waals surface area contributed by atoms with Crippen molar-refractivity contribution in [2.45, 2.75) is 149 Å². The highest BCUT2D eigenvalue weighted by atomic mass is 16.2. The van der Waals surface area contributed by atoms with Crippen LogP contribution >= 0.6 is 0 Å². The molecule has 0 saturated carbocycles. The van der Waals surface area contributed by atoms with Crippen molar-refractivity contribution >= 4 is 35.3 Å². The summed E-state index contributed by atoms with van der Waals surface area (Å²) in [5.41, 5.74) is -1.73. The highest BCUT2D eigenvalue weighted by Crippen LogP contribution is 2.19. The summed E-state index contributed by atoms with van der Waals surface area (Å²) in [5, 5.41) is 8.57. The van der Waals surface area contributed by atoms with E-state index in [0.717, 1.165) is 32.1 Å². The van der Waals surface area contributed by atoms with E-state index in [2.05, 4.69) is 43.6 Å². The molecule has 3 N–H and O–H groups in total. The van der Waals surface area contributed by atoms with Gasteiger partial charge in [-0.05, 0) is 37.5 Å². The van der Waals surface area contributed by atoms with Crippen molar-refractivity contribution < 1.29 is 28.8 Å². The third-order valence-electron chi connectivity index (χ3n) is 7.82. The maximum absolute atomic E-state index is 12.5. The molecule has 0 radical (unpaired) electrons. The summed E-state index contributed by atoms with van der Waals surface area (Å²) in [5.74, 6) is 0.746. The molecule has 0 aromatic heterocycles. The van der Waals surface area contributed by atoms with E-state index in [4.69, 9.17) is 0 Å². The SMILES string of the molecule is CC(C)CN(CC(=O)CCCCCNC(=O)C(C)(C)C)C(=O)C(C)(C)C.CC(C)CN(CCCCNC(=O)C(C)(C)C)C(=O)CNC(=O)C(C)(C)C. The monoisotopic (exact) mass is 738 g/mol. The van der Waals surface area contributed by atoms with Gasteiger partial charge >= 0.3 is 0 Å². The fourth-order valence-corrected chi connectivity index (χ4v) is 4.70. The molecule has 0 aliphatic carbocycles. The number of amides is 5. The molecule has 0 spiro atoms. The zero-order valence-electron chi connectivity index (χ0n) is 36.2. The predicted molar refractivity (Wildman–Crippen MR) is 212 cm³/mol. The van der Waals surface area contributed by atoms with Crippen LogP contribution in [-0.4, -0.2) is 90.9 Å². The van der Waals surface area contributed by atoms with Gasteiger partial charge in [0.05, 0.1) is 13.1 Å². The number of nitrogens with zero attached hydrogens (tertiary/aromatic N) is 2. The maximum Gasteiger partial charge on any atom is 0.241 e. The second kappa shape index (κ2) is 23.6. The third kappa shape index (κ3) is 25.1. The Morgan fingerprint density at radius 2 is 0.904 bits per heavy atom. The largest absolute Gasteiger partial charge is 0.356 e. The Hall–Kier alpha value is -2.98. The Morgan fingerprint density at radius 3 is 1.31 bits per heavy atom. The minimum Gasteiger partial charge on any atom is -0.356 e. The molecule has 0 atom stereocenters. The molecule has 0 unspecified atom stereocenters. The quantitative estimate of drug-likeness (QED) is 0.131. The van der Waals surface area contributed by atoms with Crippen LogP contribution in [0.5, 0.6) is 0 Å². The van der Waals surface area contributed by atoms with Crippen LogP contribution in [0.1, 0.15) is 149 Å². The second-order valence-corrected chi connectivity index (χ2v) is 19.1. The molecule has 0 aliphatic heterocycles. The van der Waals surface area contributed by atoms with Gasteiger partial charge in [-0.2, -0.15) is 0 Å². The number of nitrogens with one attached hydrogen (secondary N) is 3. The number of Topliss-reactive ketones (excluding diaryl/α,β-unsaturated/α-hetero) is 1. The molecule has 52 heavy (non-hydrogen) atoms. The third-order valence-corrected chi connectivity index (χ3v) is 7.82. The molecule has 11 nitrogen and oxygen atoms in total. The molecule has 5 amide bonds. The first-order chi connectivity index (χ1) is 23.5. The number of hydrogen-bond acceptors (Lipinski definition) is 6. The van der Waals surface area contributed by atoms with E-state index >= 15 is 0 Å². The van der Waals surface area contributed by atoms with Gasteiger partial charge in [0.25, 0.3) is 0 Å². The number of carbonyl (C=O) groups excluding carboxylic acids is 6. The van der Waals surface area contributed by atoms with E-state index in [1.165, 1.54) is 0 Å². The number of hydrogen-bond donors (Lipinski definition) is 3. The molecule has 0 heterocycles. The van der Waals surface area contributed by atoms with Crippen LogP contribution in [0.25, 0.3) is 0 Å². The molecule has 0 aliphatic rings. The van der Waals surface area contributed by atoms with E-state index in [0.29, 0.717) is 51.0 Å². The molecule has 0 aromatic carbocycles. The minimum absolute atomic E-state index is 0.0313. The van der Waals surface area contributed by atoms with Gasteiger partial charge in [0, 0.05) is 60.8 Å². The summed E-state index contributed by atoms with van der Waals surface area (Å²) < 4.78 is 0. The average molecular weight is 738 g/mol. The van der Waals surface area contributed by atoms with Crippen LogP contribution in [0.2, 0.25) is 0 Å². The van der Waals surface area contributed by atoms with Gasteiger partial charge in [-0.3, -0.25) is 28.8 Å². The Kier molecular flexibility index (Phi) is 23.2. The van der Waals surface area contributed by atoms with Gasteiger partial charge in [-0.1, -0.05) is 117 Å². The number of carbonyl (C=O) groups is 6. The van der Waals surface area contributed by atoms with Crippen molar-refractivity contribution in [1.82, 2.24) is 25.8 Å². The van der Waals surface area contributed by atoms with Crippen molar-refractivity contribution in [2.75, 3.05) is 45.8 Å². The van der Waals surface area contributed by atoms with Crippen molar-refractivity contribution in [2.24, 2.45) is 33.5 Å². The molecule has 0 aromatic rings. The summed E-state index contributed by atoms with van der Waals surface area (Å²) in [6, 6.07) is 0. The average Bonchev–Trinajstić information content (AvgIpc) is 2.97. The van der Waals surface area contributed by atoms with E-state index < -0.39 is 10.8 Å². The number of rotatable bonds is 19. The summed E-state index contributed by atoms with van der Waals surface area (Å²) in [6.07, 6.45) is 4.68. The molecule has 11 heteroatoms. The lowest BCUT2D eigenvalue weighted by Gasteiger charge is -2.30. The van der Waals surface area contributed by atoms with Gasteiger partial charge in [0.15, 0.2) is 5.78 Å². The smallest absolute Gasteiger partial charge is 0.241 e. The van der Waals surface area contributed by atoms with E-state index in [-0.39, 0.29) is 59.2 Å². The second-order valence-electron chi connectivity index (χ2n) is 19.1. The van der Waals surface area contributed by atoms with Gasteiger partial charge in [0.2, 0.25) is 29.5 Å². The van der Waals surface area contributed by atoms with E-state index in [9.17, 15) is 28.8 Å². The van der Waals surface area contributed by atoms with Gasteiger partial charge < -0.3 is 25.8 Å². The summed E-state index contributed by atoms with van der Waals surface area (Å²) >= 11 is 0. The van der Waals surface area contributed by atoms with Crippen molar-refractivity contribution in [3.05, 3.63) is 0 Å². The first-order valence-electron chi connectivity index (χ1n) is 19.4. The molecule has 0 saturated heterocycles. The Bertz CT molecular complexity index is 1120. The van der Waals surface area contributed by atoms with Crippen LogP contribution < -0.4 is 16.0 Å². The molecule has 0 bridgehead atoms. The first-order valence-corrected chi connectivity index (χ1v) is 19.4. The lowest BCUT2D eigenvalue weighted by atomic mass is 9.94. The Morgan fingerprint density at radius 1 is 0.500 bits per heavy atom. The van der Waals surface area contributed by atoms with Crippen LogP contribution in [0, 0.1) is 33.5 Å². The molecular formula is C41H79N5O6. The normalized spacial score (nSPS) is 12.1. The lowest BCUT2D eigenvalue weighted by Crippen LogP contribution is -2.45. The van der Waals surface area contributed by atoms with Crippen LogP contribution in [0.3, 0.4) is 0 Å². The van der Waals surface area contributed by atoms with Gasteiger partial charge in [0.1, 0.15) is 0 Å². The first kappa shape index (κ1) is 51.1.